The Morgan fingerprint density at radius 2 is 0.974 bits per heavy atom. The van der Waals surface area contributed by atoms with Crippen molar-refractivity contribution in [3.8, 4) is 78.9 Å². The second-order valence-electron chi connectivity index (χ2n) is 26.5. The van der Waals surface area contributed by atoms with Gasteiger partial charge in [0.25, 0.3) is 0 Å². The quantitative estimate of drug-likeness (QED) is 0.0307. The summed E-state index contributed by atoms with van der Waals surface area (Å²) in [4.78, 5) is 52.1. The Morgan fingerprint density at radius 1 is 0.487 bits per heavy atom. The first-order chi connectivity index (χ1) is 53.7. The van der Waals surface area contributed by atoms with Crippen LogP contribution >= 0.6 is 0 Å². The number of ether oxygens (including phenoxy) is 3. The van der Waals surface area contributed by atoms with Gasteiger partial charge in [-0.2, -0.15) is 0 Å². The Labute approximate surface area is 683 Å². The van der Waals surface area contributed by atoms with E-state index in [9.17, 15) is 29.4 Å². The van der Waals surface area contributed by atoms with E-state index in [4.69, 9.17) is 49.7 Å². The number of anilines is 3. The standard InChI is InChI=1S/C28H30N2O3.C24H20O3.C21H16N2O3.C20H14N2O3.CH4.3ClH/c1-6-29-23-15-25-21(13-17(23)4)27(19-11-9-10-12-20(19)28(31)32-8-3)22-14-18(5)24(30-7-2)16-26(22)33-25;1-3-15-9-11-19-21(13-15)27-22-14-16(4-2)10-12-20(22)23(19)17-7-5-6-8-18(17)24(25)26;1-25-21(24)15-5-3-2-4-14(15)20-16-8-6-12(22)10-18(16)26-19-11-13(23)7-9-17(19)20;21-11-5-7-15-17(9-11)25-18-10-12(22)6-8-16(18)19(15)13-3-1-2-4-14(13)20(23)24;;;;/h9-16,29H,6-8H2,1-5H3;3,5-14H,4H2,1-2H3,(H,25,26);2-11,22H,23H2,1H3;1-10,21H,22H2,(H,23,24);1H4;3*1H/p-2/b;15-3+;;;;;;. The van der Waals surface area contributed by atoms with E-state index in [-0.39, 0.29) is 61.7 Å². The molecule has 9 aromatic rings. The van der Waals surface area contributed by atoms with Gasteiger partial charge in [-0.05, 0) is 190 Å². The predicted molar refractivity (Wildman–Crippen MR) is 441 cm³/mol. The predicted octanol–water partition coefficient (Wildman–Crippen LogP) is 8.20. The van der Waals surface area contributed by atoms with Crippen molar-refractivity contribution in [1.82, 2.24) is 0 Å². The van der Waals surface area contributed by atoms with Crippen molar-refractivity contribution < 1.29 is 99.1 Å². The summed E-state index contributed by atoms with van der Waals surface area (Å²) in [6.45, 7) is 16.2. The highest BCUT2D eigenvalue weighted by atomic mass is 35.5. The summed E-state index contributed by atoms with van der Waals surface area (Å²) < 4.78 is 34.9. The van der Waals surface area contributed by atoms with Gasteiger partial charge in [0, 0.05) is 125 Å². The van der Waals surface area contributed by atoms with Gasteiger partial charge in [-0.1, -0.05) is 111 Å². The van der Waals surface area contributed by atoms with Crippen molar-refractivity contribution in [1.29, 1.82) is 10.8 Å². The number of nitrogen functional groups attached to an aromatic ring is 2. The highest BCUT2D eigenvalue weighted by molar-refractivity contribution is 6.11. The summed E-state index contributed by atoms with van der Waals surface area (Å²) >= 11 is 0. The number of carbonyl (C=O) groups is 4. The Balaban J connectivity index is 0.000000174. The summed E-state index contributed by atoms with van der Waals surface area (Å²) in [6, 6.07) is 70.5. The van der Waals surface area contributed by atoms with Crippen LogP contribution in [-0.2, 0) is 15.9 Å². The smallest absolute Gasteiger partial charge is 0.338 e. The van der Waals surface area contributed by atoms with Gasteiger partial charge in [-0.25, -0.2) is 24.2 Å². The van der Waals surface area contributed by atoms with E-state index >= 15 is 0 Å². The average Bonchev–Trinajstić information content (AvgIpc) is 0.761. The number of carboxylic acids is 2. The molecule has 0 saturated heterocycles. The molecule has 3 aliphatic carbocycles. The van der Waals surface area contributed by atoms with E-state index in [0.29, 0.717) is 73.6 Å². The number of rotatable bonds is 13. The van der Waals surface area contributed by atoms with Crippen LogP contribution in [0.5, 0.6) is 11.5 Å². The maximum atomic E-state index is 12.9. The minimum atomic E-state index is -0.995. The summed E-state index contributed by atoms with van der Waals surface area (Å²) in [5.74, 6) is 0.705. The van der Waals surface area contributed by atoms with E-state index in [0.717, 1.165) is 147 Å². The Hall–Kier alpha value is -13.3. The molecule has 0 atom stereocenters. The number of halogens is 3. The largest absolute Gasteiger partial charge is 1.00 e. The fourth-order valence-corrected chi connectivity index (χ4v) is 14.1. The first kappa shape index (κ1) is 85.7. The lowest BCUT2D eigenvalue weighted by molar-refractivity contribution is -0.496. The van der Waals surface area contributed by atoms with Gasteiger partial charge in [0.15, 0.2) is 0 Å². The molecule has 0 radical (unpaired) electrons. The number of aromatic carboxylic acids is 2. The molecule has 21 heteroatoms. The second-order valence-corrected chi connectivity index (χ2v) is 26.5. The first-order valence-corrected chi connectivity index (χ1v) is 36.4. The molecule has 16 rings (SSSR count). The molecule has 0 unspecified atom stereocenters. The van der Waals surface area contributed by atoms with Crippen molar-refractivity contribution >= 4 is 85.5 Å². The number of hydrogen-bond acceptors (Lipinski definition) is 15. The minimum absolute atomic E-state index is 0. The number of carboxylic acid groups (broad SMARTS) is 2. The zero-order valence-electron chi connectivity index (χ0n) is 63.6. The monoisotopic (exact) mass is 1590 g/mol. The number of esters is 2. The Morgan fingerprint density at radius 3 is 1.49 bits per heavy atom. The molecule has 0 bridgehead atoms. The summed E-state index contributed by atoms with van der Waals surface area (Å²) in [5, 5.41) is 44.7. The summed E-state index contributed by atoms with van der Waals surface area (Å²) in [7, 11) is 1.36. The molecular formula is C94H85Cl3N6O12-2. The van der Waals surface area contributed by atoms with Gasteiger partial charge >= 0.3 is 23.9 Å². The zero-order chi connectivity index (χ0) is 78.3. The number of aryl methyl sites for hydroxylation is 3. The van der Waals surface area contributed by atoms with Crippen LogP contribution in [0.15, 0.2) is 244 Å². The van der Waals surface area contributed by atoms with E-state index in [1.807, 2.05) is 117 Å². The maximum Gasteiger partial charge on any atom is 0.338 e. The topological polar surface area (TPSA) is 302 Å². The third kappa shape index (κ3) is 17.7. The van der Waals surface area contributed by atoms with E-state index in [1.165, 1.54) is 12.7 Å². The number of fused-ring (bicyclic) bond motifs is 8. The number of carbonyl (C=O) groups excluding carboxylic acids is 2. The minimum Gasteiger partial charge on any atom is -1.00 e. The van der Waals surface area contributed by atoms with Crippen molar-refractivity contribution in [3.63, 3.8) is 0 Å². The molecule has 586 valence electrons. The molecule has 18 nitrogen and oxygen atoms in total. The SMILES string of the molecule is C.C/C=c1\ccc2c(c1)Oc1cc(CC)ccc1C=2c1ccccc1C(=O)O.CCNc1cc2oc3cc(=[NH+]CC)c(C)cc-3c(-c3ccccc3C(=O)OCC)c2cc1C.COC(=O)c1ccccc1-c1c2ccc(=N)cc-2oc2cc(N)ccc12.N=c1ccc2c(-c3ccccc3C(=O)O)c3ccc(N)cc3oc-2c1.[Cl-].[Cl-].[Cl-]. The summed E-state index contributed by atoms with van der Waals surface area (Å²) in [6.07, 6.45) is 2.93. The number of hydrogen-bond donors (Lipinski definition) is 8. The zero-order valence-corrected chi connectivity index (χ0v) is 65.9. The third-order valence-electron chi connectivity index (χ3n) is 19.3. The average molecular weight is 1600 g/mol. The molecule has 10 N–H and O–H groups in total. The Kier molecular flexibility index (Phi) is 27.9. The van der Waals surface area contributed by atoms with Gasteiger partial charge in [-0.15, -0.1) is 0 Å². The van der Waals surface area contributed by atoms with Crippen LogP contribution in [0.1, 0.15) is 111 Å². The van der Waals surface area contributed by atoms with Crippen LogP contribution in [0, 0.1) is 24.7 Å². The highest BCUT2D eigenvalue weighted by Gasteiger charge is 2.28. The lowest BCUT2D eigenvalue weighted by atomic mass is 9.89. The van der Waals surface area contributed by atoms with Crippen LogP contribution < -0.4 is 90.2 Å². The first-order valence-electron chi connectivity index (χ1n) is 36.4. The number of nitrogens with one attached hydrogen (secondary N) is 4. The van der Waals surface area contributed by atoms with Crippen molar-refractivity contribution in [3.05, 3.63) is 307 Å². The fourth-order valence-electron chi connectivity index (χ4n) is 14.1. The molecular weight excluding hydrogens is 1510 g/mol. The van der Waals surface area contributed by atoms with Crippen molar-refractivity contribution in [2.24, 2.45) is 0 Å². The molecule has 0 amide bonds. The molecule has 0 spiro atoms. The van der Waals surface area contributed by atoms with E-state index < -0.39 is 17.9 Å². The fraction of sp³-hybridized carbons (Fsp3) is 0.138. The molecule has 0 saturated carbocycles. The summed E-state index contributed by atoms with van der Waals surface area (Å²) in [5.41, 5.74) is 30.6. The highest BCUT2D eigenvalue weighted by Crippen LogP contribution is 2.46. The molecule has 9 aromatic carbocycles. The van der Waals surface area contributed by atoms with Crippen molar-refractivity contribution in [2.45, 2.75) is 62.3 Å². The Bertz CT molecular complexity index is 6450. The molecule has 0 aromatic heterocycles. The molecule has 0 fully saturated rings. The van der Waals surface area contributed by atoms with Crippen LogP contribution in [-0.4, -0.2) is 60.9 Å². The number of methoxy groups -OCH3 is 1. The lowest BCUT2D eigenvalue weighted by Crippen LogP contribution is -3.00. The van der Waals surface area contributed by atoms with E-state index in [1.54, 1.807) is 103 Å². The van der Waals surface area contributed by atoms with Crippen LogP contribution in [0.25, 0.3) is 112 Å². The molecule has 4 heterocycles. The molecule has 7 aliphatic rings. The number of benzene rings is 12. The molecule has 4 aliphatic heterocycles. The lowest BCUT2D eigenvalue weighted by Gasteiger charge is -2.22. The second kappa shape index (κ2) is 37.4. The van der Waals surface area contributed by atoms with Gasteiger partial charge in [0.05, 0.1) is 52.8 Å². The van der Waals surface area contributed by atoms with Gasteiger partial charge < -0.3 is 102 Å². The number of nitrogens with two attached hydrogens (primary N) is 2. The van der Waals surface area contributed by atoms with Gasteiger partial charge in [0.1, 0.15) is 52.1 Å². The van der Waals surface area contributed by atoms with Crippen LogP contribution in [0.4, 0.5) is 17.1 Å². The normalized spacial score (nSPS) is 11.3. The van der Waals surface area contributed by atoms with Gasteiger partial charge in [-0.3, -0.25) is 0 Å². The third-order valence-corrected chi connectivity index (χ3v) is 19.3. The van der Waals surface area contributed by atoms with Crippen LogP contribution in [0.3, 0.4) is 0 Å². The van der Waals surface area contributed by atoms with Crippen molar-refractivity contribution in [2.75, 3.05) is 43.6 Å². The van der Waals surface area contributed by atoms with E-state index in [2.05, 4.69) is 75.3 Å². The van der Waals surface area contributed by atoms with Gasteiger partial charge in [0.2, 0.25) is 5.36 Å². The molecule has 115 heavy (non-hydrogen) atoms. The van der Waals surface area contributed by atoms with Crippen LogP contribution in [0.2, 0.25) is 0 Å². The maximum absolute atomic E-state index is 12.9.